The topological polar surface area (TPSA) is 56.7 Å². The third kappa shape index (κ3) is 1.89. The molecule has 1 heterocycles. The van der Waals surface area contributed by atoms with Gasteiger partial charge in [-0.25, -0.2) is 13.8 Å². The fraction of sp³-hybridized carbons (Fsp3) is 0.750. The van der Waals surface area contributed by atoms with Crippen molar-refractivity contribution in [1.29, 1.82) is 0 Å². The van der Waals surface area contributed by atoms with Crippen LogP contribution in [-0.4, -0.2) is 20.7 Å². The molecule has 0 unspecified atom stereocenters. The average Bonchev–Trinajstić information content (AvgIpc) is 2.49. The lowest BCUT2D eigenvalue weighted by Gasteiger charge is -2.34. The highest BCUT2D eigenvalue weighted by molar-refractivity contribution is 4.87. The van der Waals surface area contributed by atoms with Gasteiger partial charge in [0.1, 0.15) is 6.33 Å². The van der Waals surface area contributed by atoms with Crippen molar-refractivity contribution in [1.82, 2.24) is 14.8 Å². The van der Waals surface area contributed by atoms with E-state index >= 15 is 0 Å². The number of rotatable bonds is 3. The minimum atomic E-state index is -2.46. The fourth-order valence-corrected chi connectivity index (χ4v) is 1.69. The summed E-state index contributed by atoms with van der Waals surface area (Å²) < 4.78 is 26.6. The normalized spacial score (nSPS) is 20.8. The predicted molar refractivity (Wildman–Crippen MR) is 45.6 cm³/mol. The van der Waals surface area contributed by atoms with Crippen LogP contribution in [0.2, 0.25) is 0 Å². The maximum atomic E-state index is 12.5. The van der Waals surface area contributed by atoms with E-state index < -0.39 is 5.92 Å². The van der Waals surface area contributed by atoms with Gasteiger partial charge in [-0.1, -0.05) is 0 Å². The molecule has 1 aliphatic rings. The molecule has 6 heteroatoms. The summed E-state index contributed by atoms with van der Waals surface area (Å²) in [6, 6.07) is 0. The zero-order chi connectivity index (χ0) is 10.2. The lowest BCUT2D eigenvalue weighted by molar-refractivity contribution is -0.114. The van der Waals surface area contributed by atoms with Crippen molar-refractivity contribution in [2.24, 2.45) is 11.7 Å². The third-order valence-electron chi connectivity index (χ3n) is 2.39. The molecule has 0 atom stereocenters. The average molecular weight is 202 g/mol. The Balaban J connectivity index is 1.87. The van der Waals surface area contributed by atoms with Crippen molar-refractivity contribution in [3.63, 3.8) is 0 Å². The summed E-state index contributed by atoms with van der Waals surface area (Å²) in [5.74, 6) is -1.88. The van der Waals surface area contributed by atoms with Crippen molar-refractivity contribution in [3.05, 3.63) is 12.2 Å². The molecule has 4 nitrogen and oxygen atoms in total. The molecule has 1 aromatic heterocycles. The van der Waals surface area contributed by atoms with Gasteiger partial charge in [0.25, 0.3) is 0 Å². The maximum absolute atomic E-state index is 12.5. The van der Waals surface area contributed by atoms with Gasteiger partial charge >= 0.3 is 0 Å². The van der Waals surface area contributed by atoms with Crippen LogP contribution in [0.5, 0.6) is 0 Å². The molecule has 1 fully saturated rings. The standard InChI is InChI=1S/C8H12F2N4/c9-8(10)1-6(2-8)4-14-5-12-7(3-11)13-14/h5-6H,1-4,11H2. The molecule has 0 amide bonds. The maximum Gasteiger partial charge on any atom is 0.248 e. The van der Waals surface area contributed by atoms with E-state index in [2.05, 4.69) is 10.1 Å². The first kappa shape index (κ1) is 9.51. The zero-order valence-electron chi connectivity index (χ0n) is 7.66. The molecular weight excluding hydrogens is 190 g/mol. The molecule has 2 N–H and O–H groups in total. The van der Waals surface area contributed by atoms with Crippen LogP contribution in [0.1, 0.15) is 18.7 Å². The Kier molecular flexibility index (Phi) is 2.22. The molecule has 0 aliphatic heterocycles. The number of aromatic nitrogens is 3. The SMILES string of the molecule is NCc1ncn(CC2CC(F)(F)C2)n1. The van der Waals surface area contributed by atoms with Crippen molar-refractivity contribution in [2.75, 3.05) is 0 Å². The van der Waals surface area contributed by atoms with E-state index in [9.17, 15) is 8.78 Å². The lowest BCUT2D eigenvalue weighted by Crippen LogP contribution is -2.37. The van der Waals surface area contributed by atoms with Crippen LogP contribution in [0.4, 0.5) is 8.78 Å². The first-order valence-electron chi connectivity index (χ1n) is 4.55. The van der Waals surface area contributed by atoms with Crippen LogP contribution in [0.15, 0.2) is 6.33 Å². The van der Waals surface area contributed by atoms with E-state index in [0.717, 1.165) is 0 Å². The molecule has 2 rings (SSSR count). The smallest absolute Gasteiger partial charge is 0.248 e. The van der Waals surface area contributed by atoms with E-state index in [1.165, 1.54) is 0 Å². The molecular formula is C8H12F2N4. The van der Waals surface area contributed by atoms with Gasteiger partial charge in [0.2, 0.25) is 5.92 Å². The van der Waals surface area contributed by atoms with E-state index in [-0.39, 0.29) is 25.3 Å². The lowest BCUT2D eigenvalue weighted by atomic mass is 9.81. The summed E-state index contributed by atoms with van der Waals surface area (Å²) in [4.78, 5) is 3.92. The Bertz CT molecular complexity index is 315. The van der Waals surface area contributed by atoms with Gasteiger partial charge in [0.15, 0.2) is 5.82 Å². The van der Waals surface area contributed by atoms with Gasteiger partial charge in [-0.3, -0.25) is 4.68 Å². The van der Waals surface area contributed by atoms with Crippen molar-refractivity contribution < 1.29 is 8.78 Å². The molecule has 0 aromatic carbocycles. The molecule has 1 aliphatic carbocycles. The van der Waals surface area contributed by atoms with Crippen molar-refractivity contribution in [3.8, 4) is 0 Å². The monoisotopic (exact) mass is 202 g/mol. The largest absolute Gasteiger partial charge is 0.324 e. The molecule has 1 saturated carbocycles. The number of halogens is 2. The second-order valence-corrected chi connectivity index (χ2v) is 3.72. The summed E-state index contributed by atoms with van der Waals surface area (Å²) in [5.41, 5.74) is 5.33. The molecule has 0 radical (unpaired) electrons. The van der Waals surface area contributed by atoms with E-state index in [1.807, 2.05) is 0 Å². The number of nitrogens with two attached hydrogens (primary N) is 1. The van der Waals surface area contributed by atoms with Crippen LogP contribution in [-0.2, 0) is 13.1 Å². The Labute approximate surface area is 80.1 Å². The van der Waals surface area contributed by atoms with Gasteiger partial charge in [0, 0.05) is 19.4 Å². The van der Waals surface area contributed by atoms with Crippen molar-refractivity contribution >= 4 is 0 Å². The first-order valence-corrected chi connectivity index (χ1v) is 4.55. The number of alkyl halides is 2. The number of hydrogen-bond donors (Lipinski definition) is 1. The molecule has 0 bridgehead atoms. The highest BCUT2D eigenvalue weighted by Crippen LogP contribution is 2.42. The summed E-state index contributed by atoms with van der Waals surface area (Å²) in [6.07, 6.45) is 1.47. The molecule has 78 valence electrons. The minimum Gasteiger partial charge on any atom is -0.324 e. The van der Waals surface area contributed by atoms with Gasteiger partial charge in [-0.2, -0.15) is 5.10 Å². The minimum absolute atomic E-state index is 0.0253. The van der Waals surface area contributed by atoms with Gasteiger partial charge < -0.3 is 5.73 Å². The van der Waals surface area contributed by atoms with Crippen LogP contribution in [0.3, 0.4) is 0 Å². The highest BCUT2D eigenvalue weighted by Gasteiger charge is 2.45. The molecule has 0 spiro atoms. The summed E-state index contributed by atoms with van der Waals surface area (Å²) >= 11 is 0. The zero-order valence-corrected chi connectivity index (χ0v) is 7.66. The number of hydrogen-bond acceptors (Lipinski definition) is 3. The molecule has 14 heavy (non-hydrogen) atoms. The Morgan fingerprint density at radius 3 is 2.79 bits per heavy atom. The quantitative estimate of drug-likeness (QED) is 0.788. The van der Waals surface area contributed by atoms with Crippen LogP contribution in [0.25, 0.3) is 0 Å². The first-order chi connectivity index (χ1) is 6.59. The second kappa shape index (κ2) is 3.27. The van der Waals surface area contributed by atoms with E-state index in [1.54, 1.807) is 11.0 Å². The van der Waals surface area contributed by atoms with Crippen LogP contribution < -0.4 is 5.73 Å². The molecule has 1 aromatic rings. The van der Waals surface area contributed by atoms with E-state index in [0.29, 0.717) is 12.4 Å². The predicted octanol–water partition coefficient (Wildman–Crippen LogP) is 0.782. The Hall–Kier alpha value is -1.04. The Morgan fingerprint density at radius 2 is 2.29 bits per heavy atom. The van der Waals surface area contributed by atoms with Gasteiger partial charge in [-0.15, -0.1) is 0 Å². The highest BCUT2D eigenvalue weighted by atomic mass is 19.3. The van der Waals surface area contributed by atoms with Crippen LogP contribution in [0, 0.1) is 5.92 Å². The van der Waals surface area contributed by atoms with Gasteiger partial charge in [0.05, 0.1) is 6.54 Å². The van der Waals surface area contributed by atoms with Crippen molar-refractivity contribution in [2.45, 2.75) is 31.9 Å². The second-order valence-electron chi connectivity index (χ2n) is 3.72. The third-order valence-corrected chi connectivity index (χ3v) is 2.39. The summed E-state index contributed by atoms with van der Waals surface area (Å²) in [6.45, 7) is 0.802. The Morgan fingerprint density at radius 1 is 1.57 bits per heavy atom. The van der Waals surface area contributed by atoms with Crippen LogP contribution >= 0.6 is 0 Å². The molecule has 0 saturated heterocycles. The summed E-state index contributed by atoms with van der Waals surface area (Å²) in [7, 11) is 0. The van der Waals surface area contributed by atoms with E-state index in [4.69, 9.17) is 5.73 Å². The fourth-order valence-electron chi connectivity index (χ4n) is 1.69. The van der Waals surface area contributed by atoms with Gasteiger partial charge in [-0.05, 0) is 5.92 Å². The number of nitrogens with zero attached hydrogens (tertiary/aromatic N) is 3. The summed E-state index contributed by atoms with van der Waals surface area (Å²) in [5, 5.41) is 4.03.